The number of aromatic nitrogens is 1. The van der Waals surface area contributed by atoms with Gasteiger partial charge in [-0.1, -0.05) is 0 Å². The predicted molar refractivity (Wildman–Crippen MR) is 82.5 cm³/mol. The molecule has 2 heterocycles. The Morgan fingerprint density at radius 2 is 2.09 bits per heavy atom. The number of halogens is 1. The zero-order chi connectivity index (χ0) is 15.1. The van der Waals surface area contributed by atoms with E-state index in [9.17, 15) is 4.39 Å². The number of anilines is 1. The summed E-state index contributed by atoms with van der Waals surface area (Å²) < 4.78 is 14.8. The van der Waals surface area contributed by atoms with E-state index in [1.54, 1.807) is 12.3 Å². The number of hydrogen-bond donors (Lipinski definition) is 1. The number of rotatable bonds is 3. The van der Waals surface area contributed by atoms with Crippen LogP contribution in [0.4, 0.5) is 10.1 Å². The molecule has 0 fully saturated rings. The zero-order valence-corrected chi connectivity index (χ0v) is 12.1. The molecule has 1 aliphatic heterocycles. The lowest BCUT2D eigenvalue weighted by Gasteiger charge is -2.08. The van der Waals surface area contributed by atoms with E-state index in [1.165, 1.54) is 22.4 Å². The summed E-state index contributed by atoms with van der Waals surface area (Å²) >= 11 is 0. The number of nitrogens with one attached hydrogen (secondary N) is 1. The molecule has 0 aliphatic carbocycles. The van der Waals surface area contributed by atoms with E-state index in [0.717, 1.165) is 35.1 Å². The maximum absolute atomic E-state index is 13.3. The molecule has 0 unspecified atom stereocenters. The summed E-state index contributed by atoms with van der Waals surface area (Å²) in [6.07, 6.45) is 2.76. The normalized spacial score (nSPS) is 13.0. The largest absolute Gasteiger partial charge is 0.384 e. The van der Waals surface area contributed by atoms with Crippen LogP contribution in [0, 0.1) is 12.7 Å². The Bertz CT molecular complexity index is 857. The van der Waals surface area contributed by atoms with Crippen molar-refractivity contribution < 1.29 is 14.3 Å². The van der Waals surface area contributed by atoms with Crippen LogP contribution in [0.25, 0.3) is 10.9 Å². The van der Waals surface area contributed by atoms with Crippen LogP contribution in [-0.2, 0) is 6.42 Å². The monoisotopic (exact) mass is 298 g/mol. The van der Waals surface area contributed by atoms with Gasteiger partial charge in [0, 0.05) is 17.6 Å². The molecule has 0 atom stereocenters. The van der Waals surface area contributed by atoms with Gasteiger partial charge in [0.1, 0.15) is 5.82 Å². The van der Waals surface area contributed by atoms with Gasteiger partial charge in [-0.25, -0.2) is 4.39 Å². The van der Waals surface area contributed by atoms with Gasteiger partial charge in [0.15, 0.2) is 5.75 Å². The summed E-state index contributed by atoms with van der Waals surface area (Å²) in [5.41, 5.74) is 4.06. The third-order valence-corrected chi connectivity index (χ3v) is 3.93. The first kappa shape index (κ1) is 13.0. The molecule has 5 heteroatoms. The Hall–Kier alpha value is -2.69. The van der Waals surface area contributed by atoms with Gasteiger partial charge in [0.05, 0.1) is 11.7 Å². The molecule has 22 heavy (non-hydrogen) atoms. The minimum Gasteiger partial charge on any atom is -0.384 e. The fourth-order valence-electron chi connectivity index (χ4n) is 2.81. The molecular weight excluding hydrogens is 283 g/mol. The lowest BCUT2D eigenvalue weighted by molar-refractivity contribution is -0.204. The molecule has 4 rings (SSSR count). The predicted octanol–water partition coefficient (Wildman–Crippen LogP) is 3.48. The Balaban J connectivity index is 1.59. The number of fused-ring (bicyclic) bond motifs is 2. The van der Waals surface area contributed by atoms with Gasteiger partial charge in [-0.3, -0.25) is 4.89 Å². The van der Waals surface area contributed by atoms with E-state index < -0.39 is 0 Å². The van der Waals surface area contributed by atoms with Crippen LogP contribution in [0.1, 0.15) is 11.1 Å². The van der Waals surface area contributed by atoms with Crippen molar-refractivity contribution in [3.63, 3.8) is 0 Å². The van der Waals surface area contributed by atoms with Crippen molar-refractivity contribution in [3.8, 4) is 5.75 Å². The smallest absolute Gasteiger partial charge is 0.181 e. The van der Waals surface area contributed by atoms with E-state index in [2.05, 4.69) is 5.32 Å². The van der Waals surface area contributed by atoms with Crippen molar-refractivity contribution in [2.75, 3.05) is 11.9 Å². The maximum atomic E-state index is 13.3. The van der Waals surface area contributed by atoms with Crippen LogP contribution in [-0.4, -0.2) is 11.3 Å². The van der Waals surface area contributed by atoms with Gasteiger partial charge in [-0.05, 0) is 60.9 Å². The molecule has 2 aromatic carbocycles. The summed E-state index contributed by atoms with van der Waals surface area (Å²) in [4.78, 5) is 10.8. The quantitative estimate of drug-likeness (QED) is 0.594. The van der Waals surface area contributed by atoms with E-state index in [0.29, 0.717) is 5.75 Å². The topological polar surface area (TPSA) is 35.4 Å². The second-order valence-corrected chi connectivity index (χ2v) is 5.45. The van der Waals surface area contributed by atoms with E-state index in [4.69, 9.17) is 9.88 Å². The summed E-state index contributed by atoms with van der Waals surface area (Å²) in [7, 11) is 0. The first-order chi connectivity index (χ1) is 10.7. The fraction of sp³-hybridized carbons (Fsp3) is 0.176. The summed E-state index contributed by atoms with van der Waals surface area (Å²) in [6, 6.07) is 10.4. The number of aryl methyl sites for hydroxylation is 1. The van der Waals surface area contributed by atoms with Gasteiger partial charge >= 0.3 is 0 Å². The Morgan fingerprint density at radius 1 is 1.18 bits per heavy atom. The van der Waals surface area contributed by atoms with Crippen molar-refractivity contribution in [2.24, 2.45) is 0 Å². The molecule has 4 nitrogen and oxygen atoms in total. The molecule has 0 saturated heterocycles. The fourth-order valence-corrected chi connectivity index (χ4v) is 2.81. The molecule has 0 saturated carbocycles. The van der Waals surface area contributed by atoms with Crippen LogP contribution in [0.5, 0.6) is 5.75 Å². The minimum absolute atomic E-state index is 0.264. The standard InChI is InChI=1S/C17H15FN2O2/c1-11-10-20(17-5-2-13(18)9-15(11)17)22-21-14-3-4-16-12(8-14)6-7-19-16/h2-5,8-10,19H,6-7H2,1H3. The maximum Gasteiger partial charge on any atom is 0.181 e. The van der Waals surface area contributed by atoms with Gasteiger partial charge in [0.25, 0.3) is 0 Å². The van der Waals surface area contributed by atoms with E-state index in [1.807, 2.05) is 25.1 Å². The molecule has 1 aliphatic rings. The van der Waals surface area contributed by atoms with Crippen LogP contribution in [0.2, 0.25) is 0 Å². The van der Waals surface area contributed by atoms with Gasteiger partial charge in [-0.15, -0.1) is 4.73 Å². The highest BCUT2D eigenvalue weighted by molar-refractivity contribution is 5.83. The van der Waals surface area contributed by atoms with Crippen molar-refractivity contribution in [1.29, 1.82) is 0 Å². The highest BCUT2D eigenvalue weighted by atomic mass is 19.1. The highest BCUT2D eigenvalue weighted by Crippen LogP contribution is 2.27. The summed E-state index contributed by atoms with van der Waals surface area (Å²) in [5, 5.41) is 4.10. The van der Waals surface area contributed by atoms with Crippen molar-refractivity contribution in [3.05, 3.63) is 59.5 Å². The van der Waals surface area contributed by atoms with Gasteiger partial charge in [-0.2, -0.15) is 4.99 Å². The zero-order valence-electron chi connectivity index (χ0n) is 12.1. The lowest BCUT2D eigenvalue weighted by Crippen LogP contribution is -2.14. The Kier molecular flexibility index (Phi) is 2.92. The third-order valence-electron chi connectivity index (χ3n) is 3.93. The summed E-state index contributed by atoms with van der Waals surface area (Å²) in [5.74, 6) is 0.379. The second-order valence-electron chi connectivity index (χ2n) is 5.45. The third kappa shape index (κ3) is 2.15. The van der Waals surface area contributed by atoms with Crippen molar-refractivity contribution in [2.45, 2.75) is 13.3 Å². The van der Waals surface area contributed by atoms with Gasteiger partial charge < -0.3 is 5.32 Å². The summed E-state index contributed by atoms with van der Waals surface area (Å²) in [6.45, 7) is 2.86. The Morgan fingerprint density at radius 3 is 3.00 bits per heavy atom. The molecule has 1 N–H and O–H groups in total. The molecular formula is C17H15FN2O2. The van der Waals surface area contributed by atoms with Crippen molar-refractivity contribution in [1.82, 2.24) is 4.73 Å². The average molecular weight is 298 g/mol. The first-order valence-electron chi connectivity index (χ1n) is 7.20. The minimum atomic E-state index is -0.264. The van der Waals surface area contributed by atoms with Crippen LogP contribution in [0.3, 0.4) is 0 Å². The number of benzene rings is 2. The second kappa shape index (κ2) is 4.94. The highest BCUT2D eigenvalue weighted by Gasteiger charge is 2.12. The van der Waals surface area contributed by atoms with Crippen LogP contribution >= 0.6 is 0 Å². The molecule has 0 bridgehead atoms. The first-order valence-corrected chi connectivity index (χ1v) is 7.20. The van der Waals surface area contributed by atoms with Crippen LogP contribution < -0.4 is 15.2 Å². The number of hydrogen-bond acceptors (Lipinski definition) is 3. The van der Waals surface area contributed by atoms with E-state index >= 15 is 0 Å². The SMILES string of the molecule is Cc1cn(OOc2ccc3c(c2)CCN3)c2ccc(F)cc12. The van der Waals surface area contributed by atoms with Crippen LogP contribution in [0.15, 0.2) is 42.6 Å². The Labute approximate surface area is 127 Å². The van der Waals surface area contributed by atoms with Crippen molar-refractivity contribution >= 4 is 16.6 Å². The molecule has 0 amide bonds. The molecule has 0 spiro atoms. The molecule has 3 aromatic rings. The molecule has 1 aromatic heterocycles. The average Bonchev–Trinajstić information content (AvgIpc) is 3.09. The number of nitrogens with zero attached hydrogens (tertiary/aromatic N) is 1. The van der Waals surface area contributed by atoms with E-state index in [-0.39, 0.29) is 5.82 Å². The van der Waals surface area contributed by atoms with Gasteiger partial charge in [0.2, 0.25) is 0 Å². The lowest BCUT2D eigenvalue weighted by atomic mass is 10.1. The molecule has 112 valence electrons. The molecule has 0 radical (unpaired) electrons.